The van der Waals surface area contributed by atoms with Crippen LogP contribution in [0.3, 0.4) is 0 Å². The Kier molecular flexibility index (Phi) is 4.49. The summed E-state index contributed by atoms with van der Waals surface area (Å²) in [7, 11) is 0. The first-order valence-corrected chi connectivity index (χ1v) is 8.13. The van der Waals surface area contributed by atoms with Gasteiger partial charge in [-0.3, -0.25) is 4.79 Å². The molecule has 1 aliphatic carbocycles. The van der Waals surface area contributed by atoms with Crippen LogP contribution in [0, 0.1) is 11.3 Å². The van der Waals surface area contributed by atoms with E-state index >= 15 is 0 Å². The second-order valence-electron chi connectivity index (χ2n) is 6.92. The molecule has 1 aliphatic rings. The Morgan fingerprint density at radius 2 is 2.15 bits per heavy atom. The number of carbonyl (C=O) groups is 1. The number of thiazole rings is 1. The first-order chi connectivity index (χ1) is 9.30. The summed E-state index contributed by atoms with van der Waals surface area (Å²) in [5.74, 6) is 0.453. The molecule has 0 radical (unpaired) electrons. The third-order valence-corrected chi connectivity index (χ3v) is 4.97. The molecule has 2 rings (SSSR count). The maximum absolute atomic E-state index is 11.8. The maximum atomic E-state index is 11.8. The fraction of sp³-hybridized carbons (Fsp3) is 0.733. The molecular formula is C15H24N2O2S. The van der Waals surface area contributed by atoms with Gasteiger partial charge >= 0.3 is 0 Å². The number of rotatable bonds is 3. The number of hydrogen-bond donors (Lipinski definition) is 2. The van der Waals surface area contributed by atoms with Crippen molar-refractivity contribution in [2.24, 2.45) is 11.3 Å². The Balaban J connectivity index is 1.83. The van der Waals surface area contributed by atoms with Crippen molar-refractivity contribution in [3.8, 4) is 0 Å². The van der Waals surface area contributed by atoms with Crippen LogP contribution in [-0.2, 0) is 0 Å². The van der Waals surface area contributed by atoms with Gasteiger partial charge in [-0.15, -0.1) is 11.3 Å². The molecule has 112 valence electrons. The van der Waals surface area contributed by atoms with Crippen molar-refractivity contribution in [1.29, 1.82) is 0 Å². The molecule has 1 aromatic heterocycles. The molecule has 20 heavy (non-hydrogen) atoms. The van der Waals surface area contributed by atoms with Crippen LogP contribution < -0.4 is 5.32 Å². The number of hydrogen-bond acceptors (Lipinski definition) is 4. The molecule has 1 amide bonds. The molecule has 1 saturated carbocycles. The van der Waals surface area contributed by atoms with Gasteiger partial charge in [-0.05, 0) is 37.0 Å². The van der Waals surface area contributed by atoms with Crippen molar-refractivity contribution >= 4 is 17.2 Å². The Hall–Kier alpha value is -0.940. The van der Waals surface area contributed by atoms with E-state index in [1.807, 2.05) is 0 Å². The van der Waals surface area contributed by atoms with Crippen LogP contribution in [0.2, 0.25) is 0 Å². The van der Waals surface area contributed by atoms with Gasteiger partial charge in [0.1, 0.15) is 5.69 Å². The molecule has 0 bridgehead atoms. The van der Waals surface area contributed by atoms with Crippen LogP contribution in [0.1, 0.15) is 56.9 Å². The van der Waals surface area contributed by atoms with Gasteiger partial charge < -0.3 is 10.4 Å². The topological polar surface area (TPSA) is 62.2 Å². The lowest BCUT2D eigenvalue weighted by atomic mass is 9.68. The van der Waals surface area contributed by atoms with Crippen molar-refractivity contribution in [1.82, 2.24) is 10.3 Å². The van der Waals surface area contributed by atoms with Gasteiger partial charge in [-0.1, -0.05) is 20.8 Å². The number of aromatic nitrogens is 1. The van der Waals surface area contributed by atoms with Crippen LogP contribution in [-0.4, -0.2) is 28.1 Å². The summed E-state index contributed by atoms with van der Waals surface area (Å²) in [5, 5.41) is 15.1. The molecule has 1 fully saturated rings. The van der Waals surface area contributed by atoms with E-state index in [0.29, 0.717) is 23.6 Å². The van der Waals surface area contributed by atoms with Crippen LogP contribution >= 0.6 is 11.3 Å². The minimum absolute atomic E-state index is 0.197. The Labute approximate surface area is 124 Å². The van der Waals surface area contributed by atoms with Crippen molar-refractivity contribution in [2.45, 2.75) is 52.1 Å². The van der Waals surface area contributed by atoms with E-state index in [-0.39, 0.29) is 5.91 Å². The van der Waals surface area contributed by atoms with E-state index in [0.717, 1.165) is 25.7 Å². The van der Waals surface area contributed by atoms with E-state index < -0.39 is 5.60 Å². The molecule has 0 saturated heterocycles. The lowest BCUT2D eigenvalue weighted by molar-refractivity contribution is -0.0228. The zero-order chi connectivity index (χ0) is 14.8. The van der Waals surface area contributed by atoms with Crippen LogP contribution in [0.15, 0.2) is 10.9 Å². The third-order valence-electron chi connectivity index (χ3n) is 4.38. The van der Waals surface area contributed by atoms with Gasteiger partial charge in [0.25, 0.3) is 5.91 Å². The Morgan fingerprint density at radius 1 is 1.50 bits per heavy atom. The van der Waals surface area contributed by atoms with Crippen molar-refractivity contribution in [3.05, 3.63) is 16.6 Å². The number of nitrogens with zero attached hydrogens (tertiary/aromatic N) is 1. The summed E-state index contributed by atoms with van der Waals surface area (Å²) < 4.78 is 0. The highest BCUT2D eigenvalue weighted by Crippen LogP contribution is 2.41. The van der Waals surface area contributed by atoms with E-state index in [2.05, 4.69) is 31.1 Å². The SMILES string of the molecule is CC(C)(C)C1CCC(O)(CNC(=O)c2cscn2)CC1. The number of aliphatic hydroxyl groups is 1. The summed E-state index contributed by atoms with van der Waals surface area (Å²) in [6, 6.07) is 0. The second kappa shape index (κ2) is 5.82. The fourth-order valence-corrected chi connectivity index (χ4v) is 3.39. The van der Waals surface area contributed by atoms with Crippen molar-refractivity contribution in [2.75, 3.05) is 6.54 Å². The van der Waals surface area contributed by atoms with E-state index in [4.69, 9.17) is 0 Å². The predicted octanol–water partition coefficient (Wildman–Crippen LogP) is 2.84. The normalized spacial score (nSPS) is 27.3. The molecule has 5 heteroatoms. The third kappa shape index (κ3) is 3.79. The molecule has 0 aliphatic heterocycles. The molecule has 4 nitrogen and oxygen atoms in total. The smallest absolute Gasteiger partial charge is 0.270 e. The quantitative estimate of drug-likeness (QED) is 0.901. The monoisotopic (exact) mass is 296 g/mol. The molecule has 0 atom stereocenters. The first kappa shape index (κ1) is 15.4. The lowest BCUT2D eigenvalue weighted by Gasteiger charge is -2.41. The van der Waals surface area contributed by atoms with Gasteiger partial charge in [0.15, 0.2) is 0 Å². The lowest BCUT2D eigenvalue weighted by Crippen LogP contribution is -2.46. The molecule has 0 aromatic carbocycles. The second-order valence-corrected chi connectivity index (χ2v) is 7.64. The van der Waals surface area contributed by atoms with Crippen LogP contribution in [0.4, 0.5) is 0 Å². The maximum Gasteiger partial charge on any atom is 0.270 e. The van der Waals surface area contributed by atoms with Crippen LogP contribution in [0.5, 0.6) is 0 Å². The highest BCUT2D eigenvalue weighted by molar-refractivity contribution is 7.07. The van der Waals surface area contributed by atoms with E-state index in [1.165, 1.54) is 11.3 Å². The number of amides is 1. The standard InChI is InChI=1S/C15H24N2O2S/c1-14(2,3)11-4-6-15(19,7-5-11)9-16-13(18)12-8-20-10-17-12/h8,10-11,19H,4-7,9H2,1-3H3,(H,16,18). The highest BCUT2D eigenvalue weighted by atomic mass is 32.1. The van der Waals surface area contributed by atoms with Gasteiger partial charge in [-0.25, -0.2) is 4.98 Å². The fourth-order valence-electron chi connectivity index (χ4n) is 2.86. The summed E-state index contributed by atoms with van der Waals surface area (Å²) in [4.78, 5) is 15.8. The molecule has 1 aromatic rings. The molecule has 0 unspecified atom stereocenters. The zero-order valence-electron chi connectivity index (χ0n) is 12.5. The van der Waals surface area contributed by atoms with E-state index in [9.17, 15) is 9.90 Å². The van der Waals surface area contributed by atoms with Crippen molar-refractivity contribution < 1.29 is 9.90 Å². The van der Waals surface area contributed by atoms with Gasteiger partial charge in [-0.2, -0.15) is 0 Å². The summed E-state index contributed by atoms with van der Waals surface area (Å²) in [6.45, 7) is 7.09. The Bertz CT molecular complexity index is 443. The van der Waals surface area contributed by atoms with E-state index in [1.54, 1.807) is 10.9 Å². The minimum atomic E-state index is -0.757. The summed E-state index contributed by atoms with van der Waals surface area (Å²) >= 11 is 1.40. The summed E-state index contributed by atoms with van der Waals surface area (Å²) in [6.07, 6.45) is 3.55. The van der Waals surface area contributed by atoms with Gasteiger partial charge in [0.2, 0.25) is 0 Å². The molecule has 1 heterocycles. The number of carbonyl (C=O) groups excluding carboxylic acids is 1. The molecule has 2 N–H and O–H groups in total. The largest absolute Gasteiger partial charge is 0.388 e. The predicted molar refractivity (Wildman–Crippen MR) is 80.8 cm³/mol. The first-order valence-electron chi connectivity index (χ1n) is 7.19. The average Bonchev–Trinajstić information content (AvgIpc) is 2.89. The molecule has 0 spiro atoms. The van der Waals surface area contributed by atoms with Gasteiger partial charge in [0.05, 0.1) is 11.1 Å². The minimum Gasteiger partial charge on any atom is -0.388 e. The van der Waals surface area contributed by atoms with Crippen LogP contribution in [0.25, 0.3) is 0 Å². The average molecular weight is 296 g/mol. The zero-order valence-corrected chi connectivity index (χ0v) is 13.3. The highest BCUT2D eigenvalue weighted by Gasteiger charge is 2.37. The summed E-state index contributed by atoms with van der Waals surface area (Å²) in [5.41, 5.74) is 1.61. The van der Waals surface area contributed by atoms with Gasteiger partial charge in [0, 0.05) is 11.9 Å². The number of nitrogens with one attached hydrogen (secondary N) is 1. The molecular weight excluding hydrogens is 272 g/mol. The van der Waals surface area contributed by atoms with Crippen molar-refractivity contribution in [3.63, 3.8) is 0 Å². The Morgan fingerprint density at radius 3 is 2.65 bits per heavy atom.